The molecule has 0 aliphatic heterocycles. The van der Waals surface area contributed by atoms with E-state index in [1.165, 1.54) is 176 Å². The predicted octanol–water partition coefficient (Wildman–Crippen LogP) is 21.8. The largest absolute Gasteiger partial charge is 0.344 e. The van der Waals surface area contributed by atoms with Crippen molar-refractivity contribution in [3.8, 4) is 55.6 Å². The van der Waals surface area contributed by atoms with Gasteiger partial charge in [0.15, 0.2) is 0 Å². The summed E-state index contributed by atoms with van der Waals surface area (Å²) in [5, 5.41) is 10.2. The van der Waals surface area contributed by atoms with Crippen molar-refractivity contribution in [3.63, 3.8) is 0 Å². The van der Waals surface area contributed by atoms with Gasteiger partial charge in [-0.05, 0) is 204 Å². The molecule has 85 heavy (non-hydrogen) atoms. The third-order valence-corrected chi connectivity index (χ3v) is 19.2. The number of fused-ring (bicyclic) bond motifs is 10. The number of hydrogen-bond acceptors (Lipinski definition) is 0. The third kappa shape index (κ3) is 8.22. The minimum atomic E-state index is -0.0129. The molecule has 1 aliphatic carbocycles. The van der Waals surface area contributed by atoms with E-state index in [2.05, 4.69) is 306 Å². The third-order valence-electron chi connectivity index (χ3n) is 19.2. The van der Waals surface area contributed by atoms with Gasteiger partial charge in [0.2, 0.25) is 0 Å². The summed E-state index contributed by atoms with van der Waals surface area (Å²) in [5.41, 5.74) is 30.5. The lowest BCUT2D eigenvalue weighted by atomic mass is 9.67. The Bertz CT molecular complexity index is 5180. The number of para-hydroxylation sites is 1. The second-order valence-electron chi connectivity index (χ2n) is 24.2. The van der Waals surface area contributed by atoms with Crippen molar-refractivity contribution in [1.29, 1.82) is 0 Å². The molecule has 406 valence electrons. The van der Waals surface area contributed by atoms with Crippen molar-refractivity contribution >= 4 is 65.2 Å². The van der Waals surface area contributed by atoms with Gasteiger partial charge in [-0.25, -0.2) is 0 Å². The van der Waals surface area contributed by atoms with Crippen LogP contribution in [0.3, 0.4) is 0 Å². The molecule has 0 saturated heterocycles. The highest BCUT2D eigenvalue weighted by Gasteiger charge is 2.35. The van der Waals surface area contributed by atoms with Gasteiger partial charge >= 0.3 is 0 Å². The molecule has 2 aromatic heterocycles. The maximum Gasteiger partial charge on any atom is 0.0489 e. The first-order chi connectivity index (χ1) is 41.6. The van der Waals surface area contributed by atoms with Crippen LogP contribution in [0.4, 0.5) is 0 Å². The Labute approximate surface area is 497 Å². The highest BCUT2D eigenvalue weighted by atomic mass is 14.9. The molecule has 13 aromatic carbocycles. The second kappa shape index (κ2) is 19.8. The first-order valence-electron chi connectivity index (χ1n) is 30.2. The molecule has 2 heterocycles. The zero-order chi connectivity index (χ0) is 57.2. The van der Waals surface area contributed by atoms with E-state index in [0.29, 0.717) is 0 Å². The maximum absolute atomic E-state index is 2.55. The lowest BCUT2D eigenvalue weighted by Crippen LogP contribution is -2.20. The Balaban J connectivity index is 0.880. The van der Waals surface area contributed by atoms with Crippen LogP contribution in [0.15, 0.2) is 255 Å². The molecule has 16 rings (SSSR count). The molecular weight excluding hydrogens is 1020 g/mol. The highest BCUT2D eigenvalue weighted by Crippen LogP contribution is 2.52. The molecule has 0 radical (unpaired) electrons. The zero-order valence-electron chi connectivity index (χ0n) is 49.0. The summed E-state index contributed by atoms with van der Waals surface area (Å²) >= 11 is 0. The minimum absolute atomic E-state index is 0.0129. The van der Waals surface area contributed by atoms with E-state index in [9.17, 15) is 0 Å². The Morgan fingerprint density at radius 2 is 0.600 bits per heavy atom. The van der Waals surface area contributed by atoms with E-state index >= 15 is 0 Å². The zero-order valence-corrected chi connectivity index (χ0v) is 49.0. The molecule has 0 spiro atoms. The van der Waals surface area contributed by atoms with Crippen LogP contribution < -0.4 is 0 Å². The Morgan fingerprint density at radius 1 is 0.271 bits per heavy atom. The van der Waals surface area contributed by atoms with Gasteiger partial charge in [0, 0.05) is 69.5 Å². The van der Waals surface area contributed by atoms with Crippen molar-refractivity contribution in [2.45, 2.75) is 46.0 Å². The van der Waals surface area contributed by atoms with Crippen molar-refractivity contribution in [1.82, 2.24) is 9.13 Å². The molecule has 2 unspecified atom stereocenters. The molecule has 2 atom stereocenters. The van der Waals surface area contributed by atoms with Crippen LogP contribution in [-0.4, -0.2) is 9.13 Å². The maximum atomic E-state index is 2.55. The molecule has 15 aromatic rings. The Morgan fingerprint density at radius 3 is 1.08 bits per heavy atom. The molecule has 2 nitrogen and oxygen atoms in total. The molecule has 0 N–H and O–H groups in total. The number of aromatic nitrogens is 2. The summed E-state index contributed by atoms with van der Waals surface area (Å²) < 4.78 is 4.67. The first kappa shape index (κ1) is 50.7. The molecule has 2 heteroatoms. The smallest absolute Gasteiger partial charge is 0.0489 e. The van der Waals surface area contributed by atoms with Gasteiger partial charge in [-0.1, -0.05) is 218 Å². The van der Waals surface area contributed by atoms with Gasteiger partial charge < -0.3 is 9.13 Å². The molecule has 0 fully saturated rings. The Hall–Kier alpha value is -10.0. The Kier molecular flexibility index (Phi) is 11.8. The van der Waals surface area contributed by atoms with E-state index in [4.69, 9.17) is 0 Å². The fraction of sp³-hybridized carbons (Fsp3) is 0.108. The lowest BCUT2D eigenvalue weighted by molar-refractivity contribution is 0.822. The van der Waals surface area contributed by atoms with E-state index in [-0.39, 0.29) is 11.8 Å². The van der Waals surface area contributed by atoms with Gasteiger partial charge in [0.05, 0.1) is 0 Å². The SMILES string of the molecule is CCc1ccc(C2c3cc(-c4ccc5c(-c6ccc(C)cc6)c6ccccc6c(-c6ccc(C)cc6)c5c4)ccc3C(c3ccc(C)cc3)c3ccc(-c4ccc5c(c4)c4cc(-c6ccc7c(c6)c6ccccc6n7C)ccc4n5C)cc32)cc1. The lowest BCUT2D eigenvalue weighted by Gasteiger charge is -2.36. The van der Waals surface area contributed by atoms with E-state index in [1.807, 2.05) is 0 Å². The van der Waals surface area contributed by atoms with E-state index in [1.54, 1.807) is 0 Å². The van der Waals surface area contributed by atoms with Gasteiger partial charge in [-0.15, -0.1) is 0 Å². The average Bonchev–Trinajstić information content (AvgIpc) is 1.74. The van der Waals surface area contributed by atoms with Crippen molar-refractivity contribution in [3.05, 3.63) is 310 Å². The molecule has 0 bridgehead atoms. The molecule has 0 amide bonds. The minimum Gasteiger partial charge on any atom is -0.344 e. The summed E-state index contributed by atoms with van der Waals surface area (Å²) in [5.74, 6) is 0.0289. The molecule has 1 aliphatic rings. The normalized spacial score (nSPS) is 14.0. The van der Waals surface area contributed by atoms with Crippen LogP contribution in [0.25, 0.3) is 121 Å². The van der Waals surface area contributed by atoms with Gasteiger partial charge in [-0.2, -0.15) is 0 Å². The fourth-order valence-corrected chi connectivity index (χ4v) is 14.6. The van der Waals surface area contributed by atoms with Crippen LogP contribution in [0.5, 0.6) is 0 Å². The number of aryl methyl sites for hydroxylation is 6. The van der Waals surface area contributed by atoms with Crippen LogP contribution in [-0.2, 0) is 20.5 Å². The average molecular weight is 1090 g/mol. The molecular formula is C83H64N2. The van der Waals surface area contributed by atoms with Crippen LogP contribution in [0.1, 0.15) is 74.4 Å². The van der Waals surface area contributed by atoms with Crippen LogP contribution in [0, 0.1) is 20.8 Å². The van der Waals surface area contributed by atoms with Gasteiger partial charge in [0.25, 0.3) is 0 Å². The van der Waals surface area contributed by atoms with E-state index in [0.717, 1.165) is 6.42 Å². The van der Waals surface area contributed by atoms with Crippen molar-refractivity contribution in [2.75, 3.05) is 0 Å². The molecule has 0 saturated carbocycles. The predicted molar refractivity (Wildman–Crippen MR) is 361 cm³/mol. The summed E-state index contributed by atoms with van der Waals surface area (Å²) in [6.07, 6.45) is 0.993. The van der Waals surface area contributed by atoms with Crippen molar-refractivity contribution in [2.24, 2.45) is 14.1 Å². The highest BCUT2D eigenvalue weighted by molar-refractivity contribution is 6.22. The summed E-state index contributed by atoms with van der Waals surface area (Å²) in [6, 6.07) is 98.0. The summed E-state index contributed by atoms with van der Waals surface area (Å²) in [6.45, 7) is 8.80. The van der Waals surface area contributed by atoms with Crippen LogP contribution in [0.2, 0.25) is 0 Å². The standard InChI is InChI=1S/C83H64N2/c1-7-53-22-30-57(31-23-53)83-74-48-59(58-32-38-67-73(47-58)82(56-28-20-52(4)21-29-56)66-14-9-8-13-65(66)80(67)54-24-16-50(2)17-25-54)33-39-68(74)81(55-26-18-51(3)19-27-55)69-40-34-60(49-75(69)83)62-36-42-78-71(45-62)72-46-63(37-43-79(72)85(78)6)61-35-41-77-70(44-61)64-12-10-11-15-76(64)84(77)5/h8-49,81,83H,7H2,1-6H3. The second-order valence-corrected chi connectivity index (χ2v) is 24.2. The summed E-state index contributed by atoms with van der Waals surface area (Å²) in [7, 11) is 4.38. The fourth-order valence-electron chi connectivity index (χ4n) is 14.6. The number of rotatable bonds is 8. The quantitative estimate of drug-likeness (QED) is 0.134. The number of hydrogen-bond donors (Lipinski definition) is 0. The van der Waals surface area contributed by atoms with Gasteiger partial charge in [0.1, 0.15) is 0 Å². The van der Waals surface area contributed by atoms with Crippen molar-refractivity contribution < 1.29 is 0 Å². The monoisotopic (exact) mass is 1090 g/mol. The van der Waals surface area contributed by atoms with Gasteiger partial charge in [-0.3, -0.25) is 0 Å². The van der Waals surface area contributed by atoms with E-state index < -0.39 is 0 Å². The number of benzene rings is 13. The number of nitrogens with zero attached hydrogens (tertiary/aromatic N) is 2. The van der Waals surface area contributed by atoms with Crippen LogP contribution >= 0.6 is 0 Å². The summed E-state index contributed by atoms with van der Waals surface area (Å²) in [4.78, 5) is 0. The first-order valence-corrected chi connectivity index (χ1v) is 30.2. The topological polar surface area (TPSA) is 9.86 Å².